The Hall–Kier alpha value is -2.48. The molecule has 0 aliphatic carbocycles. The standard InChI is InChI=1S/C23H16Cl5N3O3/c24-15-6-7-20(34-12-13-4-5-16(25)9-18(13)27)14(8-15)11-29-31-22(33)10-21(32)30-19-3-1-2-17(26)23(19)28/h1-9,11H,10,12H2,(H,30,32)(H,31,33). The number of hydrogen-bond donors (Lipinski definition) is 2. The third-order valence-corrected chi connectivity index (χ3v) is 5.95. The zero-order valence-corrected chi connectivity index (χ0v) is 21.0. The molecule has 3 aromatic carbocycles. The van der Waals surface area contributed by atoms with Gasteiger partial charge in [-0.15, -0.1) is 0 Å². The highest BCUT2D eigenvalue weighted by atomic mass is 35.5. The molecule has 11 heteroatoms. The lowest BCUT2D eigenvalue weighted by atomic mass is 10.2. The average molecular weight is 560 g/mol. The Morgan fingerprint density at radius 3 is 2.38 bits per heavy atom. The summed E-state index contributed by atoms with van der Waals surface area (Å²) in [5, 5.41) is 8.32. The van der Waals surface area contributed by atoms with Gasteiger partial charge < -0.3 is 10.1 Å². The van der Waals surface area contributed by atoms with Crippen LogP contribution < -0.4 is 15.5 Å². The molecule has 0 spiro atoms. The summed E-state index contributed by atoms with van der Waals surface area (Å²) in [5.41, 5.74) is 3.83. The Labute approximate surface area is 220 Å². The number of amides is 2. The molecule has 2 N–H and O–H groups in total. The maximum absolute atomic E-state index is 12.1. The van der Waals surface area contributed by atoms with E-state index >= 15 is 0 Å². The summed E-state index contributed by atoms with van der Waals surface area (Å²) in [6, 6.07) is 14.8. The first-order valence-corrected chi connectivity index (χ1v) is 11.5. The smallest absolute Gasteiger partial charge is 0.249 e. The Bertz CT molecular complexity index is 1250. The molecule has 0 radical (unpaired) electrons. The van der Waals surface area contributed by atoms with E-state index in [1.54, 1.807) is 54.6 Å². The van der Waals surface area contributed by atoms with Crippen molar-refractivity contribution in [3.8, 4) is 5.75 Å². The topological polar surface area (TPSA) is 79.8 Å². The van der Waals surface area contributed by atoms with Gasteiger partial charge in [0.2, 0.25) is 11.8 Å². The summed E-state index contributed by atoms with van der Waals surface area (Å²) in [5.74, 6) is -0.755. The van der Waals surface area contributed by atoms with Gasteiger partial charge in [-0.1, -0.05) is 70.1 Å². The summed E-state index contributed by atoms with van der Waals surface area (Å²) in [7, 11) is 0. The first kappa shape index (κ1) is 26.1. The lowest BCUT2D eigenvalue weighted by molar-refractivity contribution is -0.126. The molecule has 6 nitrogen and oxygen atoms in total. The van der Waals surface area contributed by atoms with Crippen molar-refractivity contribution < 1.29 is 14.3 Å². The number of carbonyl (C=O) groups excluding carboxylic acids is 2. The van der Waals surface area contributed by atoms with E-state index in [1.165, 1.54) is 6.21 Å². The molecule has 176 valence electrons. The zero-order valence-electron chi connectivity index (χ0n) is 17.2. The second kappa shape index (κ2) is 12.3. The first-order valence-electron chi connectivity index (χ1n) is 9.65. The summed E-state index contributed by atoms with van der Waals surface area (Å²) in [6.45, 7) is 0.178. The lowest BCUT2D eigenvalue weighted by Gasteiger charge is -2.11. The van der Waals surface area contributed by atoms with Gasteiger partial charge in [-0.05, 0) is 42.5 Å². The fourth-order valence-electron chi connectivity index (χ4n) is 2.70. The van der Waals surface area contributed by atoms with Crippen LogP contribution >= 0.6 is 58.0 Å². The SMILES string of the molecule is O=C(CC(=O)Nc1cccc(Cl)c1Cl)NN=Cc1cc(Cl)ccc1OCc1ccc(Cl)cc1Cl. The first-order chi connectivity index (χ1) is 16.2. The van der Waals surface area contributed by atoms with Gasteiger partial charge in [0.05, 0.1) is 21.9 Å². The minimum absolute atomic E-state index is 0.178. The lowest BCUT2D eigenvalue weighted by Crippen LogP contribution is -2.24. The van der Waals surface area contributed by atoms with Gasteiger partial charge in [0.1, 0.15) is 18.8 Å². The third kappa shape index (κ3) is 7.52. The molecule has 0 atom stereocenters. The van der Waals surface area contributed by atoms with E-state index in [2.05, 4.69) is 15.8 Å². The number of ether oxygens (including phenoxy) is 1. The van der Waals surface area contributed by atoms with E-state index in [1.807, 2.05) is 0 Å². The number of anilines is 1. The van der Waals surface area contributed by atoms with Crippen LogP contribution in [-0.4, -0.2) is 18.0 Å². The van der Waals surface area contributed by atoms with Crippen LogP contribution in [0, 0.1) is 0 Å². The molecular formula is C23H16Cl5N3O3. The second-order valence-electron chi connectivity index (χ2n) is 6.83. The molecule has 0 aliphatic rings. The molecule has 0 unspecified atom stereocenters. The molecule has 2 amide bonds. The van der Waals surface area contributed by atoms with Crippen LogP contribution in [0.25, 0.3) is 0 Å². The number of benzene rings is 3. The van der Waals surface area contributed by atoms with Crippen molar-refractivity contribution >= 4 is 81.7 Å². The highest BCUT2D eigenvalue weighted by Gasteiger charge is 2.12. The van der Waals surface area contributed by atoms with Crippen molar-refractivity contribution in [1.29, 1.82) is 0 Å². The Morgan fingerprint density at radius 2 is 1.62 bits per heavy atom. The minimum Gasteiger partial charge on any atom is -0.488 e. The number of hydrogen-bond acceptors (Lipinski definition) is 4. The number of nitrogens with zero attached hydrogens (tertiary/aromatic N) is 1. The predicted octanol–water partition coefficient (Wildman–Crippen LogP) is 7.01. The maximum Gasteiger partial charge on any atom is 0.249 e. The molecule has 0 bridgehead atoms. The monoisotopic (exact) mass is 557 g/mol. The number of carbonyl (C=O) groups is 2. The molecule has 0 saturated heterocycles. The van der Waals surface area contributed by atoms with Crippen molar-refractivity contribution in [2.45, 2.75) is 13.0 Å². The van der Waals surface area contributed by atoms with Crippen LogP contribution in [0.1, 0.15) is 17.5 Å². The van der Waals surface area contributed by atoms with Crippen molar-refractivity contribution in [3.05, 3.63) is 90.8 Å². The molecule has 0 heterocycles. The van der Waals surface area contributed by atoms with E-state index in [0.717, 1.165) is 5.56 Å². The Balaban J connectivity index is 1.59. The van der Waals surface area contributed by atoms with Gasteiger partial charge >= 0.3 is 0 Å². The van der Waals surface area contributed by atoms with Crippen LogP contribution in [0.15, 0.2) is 59.7 Å². The van der Waals surface area contributed by atoms with Gasteiger partial charge in [0, 0.05) is 26.2 Å². The summed E-state index contributed by atoms with van der Waals surface area (Å²) in [4.78, 5) is 24.2. The van der Waals surface area contributed by atoms with E-state index in [9.17, 15) is 9.59 Å². The van der Waals surface area contributed by atoms with E-state index < -0.39 is 18.2 Å². The predicted molar refractivity (Wildman–Crippen MR) is 138 cm³/mol. The average Bonchev–Trinajstić information content (AvgIpc) is 2.77. The summed E-state index contributed by atoms with van der Waals surface area (Å²) < 4.78 is 5.83. The molecule has 0 aromatic heterocycles. The van der Waals surface area contributed by atoms with Crippen LogP contribution in [0.5, 0.6) is 5.75 Å². The van der Waals surface area contributed by atoms with Crippen LogP contribution in [0.2, 0.25) is 25.1 Å². The number of nitrogens with one attached hydrogen (secondary N) is 2. The fraction of sp³-hybridized carbons (Fsp3) is 0.0870. The highest BCUT2D eigenvalue weighted by molar-refractivity contribution is 6.44. The maximum atomic E-state index is 12.1. The Morgan fingerprint density at radius 1 is 0.882 bits per heavy atom. The largest absolute Gasteiger partial charge is 0.488 e. The number of hydrazone groups is 1. The van der Waals surface area contributed by atoms with Gasteiger partial charge in [0.15, 0.2) is 0 Å². The molecule has 34 heavy (non-hydrogen) atoms. The Kier molecular flexibility index (Phi) is 9.45. The van der Waals surface area contributed by atoms with Crippen molar-refractivity contribution in [1.82, 2.24) is 5.43 Å². The summed E-state index contributed by atoms with van der Waals surface area (Å²) in [6.07, 6.45) is 0.877. The van der Waals surface area contributed by atoms with Crippen LogP contribution in [-0.2, 0) is 16.2 Å². The normalized spacial score (nSPS) is 10.9. The molecule has 0 fully saturated rings. The zero-order chi connectivity index (χ0) is 24.7. The van der Waals surface area contributed by atoms with Crippen molar-refractivity contribution in [2.24, 2.45) is 5.10 Å². The number of rotatable bonds is 8. The highest BCUT2D eigenvalue weighted by Crippen LogP contribution is 2.29. The second-order valence-corrected chi connectivity index (χ2v) is 8.89. The van der Waals surface area contributed by atoms with Crippen LogP contribution in [0.3, 0.4) is 0 Å². The minimum atomic E-state index is -0.635. The summed E-state index contributed by atoms with van der Waals surface area (Å²) >= 11 is 30.1. The van der Waals surface area contributed by atoms with Crippen LogP contribution in [0.4, 0.5) is 5.69 Å². The molecule has 0 saturated carbocycles. The quantitative estimate of drug-likeness (QED) is 0.177. The molecule has 3 aromatic rings. The van der Waals surface area contributed by atoms with Gasteiger partial charge in [-0.2, -0.15) is 5.10 Å². The molecular weight excluding hydrogens is 544 g/mol. The van der Waals surface area contributed by atoms with Crippen molar-refractivity contribution in [3.63, 3.8) is 0 Å². The van der Waals surface area contributed by atoms with Gasteiger partial charge in [-0.3, -0.25) is 9.59 Å². The number of halogens is 5. The van der Waals surface area contributed by atoms with Gasteiger partial charge in [-0.25, -0.2) is 5.43 Å². The van der Waals surface area contributed by atoms with E-state index in [4.69, 9.17) is 62.7 Å². The van der Waals surface area contributed by atoms with E-state index in [0.29, 0.717) is 32.1 Å². The third-order valence-electron chi connectivity index (χ3n) is 4.31. The molecule has 3 rings (SSSR count). The van der Waals surface area contributed by atoms with Crippen molar-refractivity contribution in [2.75, 3.05) is 5.32 Å². The van der Waals surface area contributed by atoms with E-state index in [-0.39, 0.29) is 16.7 Å². The van der Waals surface area contributed by atoms with Gasteiger partial charge in [0.25, 0.3) is 0 Å². The fourth-order valence-corrected chi connectivity index (χ4v) is 3.69. The molecule has 0 aliphatic heterocycles.